The molecule has 0 fully saturated rings. The highest BCUT2D eigenvalue weighted by atomic mass is 32.2. The van der Waals surface area contributed by atoms with Crippen molar-refractivity contribution in [3.63, 3.8) is 0 Å². The van der Waals surface area contributed by atoms with E-state index >= 15 is 0 Å². The summed E-state index contributed by atoms with van der Waals surface area (Å²) in [6.45, 7) is 5.47. The van der Waals surface area contributed by atoms with Gasteiger partial charge in [0.15, 0.2) is 5.71 Å². The minimum atomic E-state index is -3.89. The van der Waals surface area contributed by atoms with Crippen LogP contribution in [0, 0.1) is 16.7 Å². The molecule has 0 aromatic heterocycles. The number of hydrogen-bond acceptors (Lipinski definition) is 7. The first-order valence-electron chi connectivity index (χ1n) is 9.04. The third-order valence-electron chi connectivity index (χ3n) is 4.31. The van der Waals surface area contributed by atoms with Crippen molar-refractivity contribution in [2.75, 3.05) is 34.2 Å². The van der Waals surface area contributed by atoms with E-state index in [2.05, 4.69) is 25.5 Å². The standard InChI is InChI=1S/C18H23N9O2S/c1-6-27(7-2)13-8-9-14(15(10-13)24-30(28,29)25(3)4)22-23-18-21-16(11-19)17(12-20)26(18)5/h8-10,20H,6-7H2,1-5H3. The Morgan fingerprint density at radius 2 is 1.87 bits per heavy atom. The molecule has 158 valence electrons. The molecule has 0 spiro atoms. The molecular formula is C18H23N9O2S. The van der Waals surface area contributed by atoms with Crippen molar-refractivity contribution in [1.82, 2.24) is 14.1 Å². The summed E-state index contributed by atoms with van der Waals surface area (Å²) in [5.74, 6) is 2.22. The molecule has 0 aromatic carbocycles. The van der Waals surface area contributed by atoms with Crippen LogP contribution in [0.3, 0.4) is 0 Å². The van der Waals surface area contributed by atoms with Crippen LogP contribution in [0.2, 0.25) is 0 Å². The smallest absolute Gasteiger partial charge is 0.322 e. The summed E-state index contributed by atoms with van der Waals surface area (Å²) >= 11 is 0. The molecule has 0 amide bonds. The van der Waals surface area contributed by atoms with E-state index in [-0.39, 0.29) is 28.8 Å². The van der Waals surface area contributed by atoms with E-state index in [0.717, 1.165) is 23.1 Å². The Bertz CT molecular complexity index is 1090. The van der Waals surface area contributed by atoms with Gasteiger partial charge in [-0.05, 0) is 32.1 Å². The zero-order chi connectivity index (χ0) is 22.5. The van der Waals surface area contributed by atoms with E-state index in [1.807, 2.05) is 24.8 Å². The predicted molar refractivity (Wildman–Crippen MR) is 117 cm³/mol. The van der Waals surface area contributed by atoms with Crippen LogP contribution in [0.5, 0.6) is 0 Å². The summed E-state index contributed by atoms with van der Waals surface area (Å²) in [7, 11) is 0.462. The highest BCUT2D eigenvalue weighted by Gasteiger charge is 2.25. The number of rotatable bonds is 6. The normalized spacial score (nSPS) is 20.6. The number of likely N-dealkylation sites (N-methyl/N-ethyl adjacent to an activating group) is 1. The van der Waals surface area contributed by atoms with Gasteiger partial charge in [0.1, 0.15) is 23.2 Å². The number of nitrogens with zero attached hydrogens (tertiary/aromatic N) is 8. The summed E-state index contributed by atoms with van der Waals surface area (Å²) in [5, 5.41) is 24.5. The van der Waals surface area contributed by atoms with Crippen LogP contribution in [0.25, 0.3) is 0 Å². The Kier molecular flexibility index (Phi) is 7.18. The summed E-state index contributed by atoms with van der Waals surface area (Å²) < 4.78 is 29.5. The maximum Gasteiger partial charge on any atom is 0.322 e. The van der Waals surface area contributed by atoms with Gasteiger partial charge in [0.2, 0.25) is 0 Å². The quantitative estimate of drug-likeness (QED) is 0.377. The SMILES string of the molecule is CCN(CC)C1=CC(=NS(=O)(=O)N(C)C)C(=NN=C2N=C(C#N)C(=C=N)N2C)C=C1. The Morgan fingerprint density at radius 1 is 1.20 bits per heavy atom. The highest BCUT2D eigenvalue weighted by molar-refractivity contribution is 7.88. The Labute approximate surface area is 176 Å². The lowest BCUT2D eigenvalue weighted by Gasteiger charge is -2.24. The average Bonchev–Trinajstić information content (AvgIpc) is 3.02. The minimum absolute atomic E-state index is 0.00146. The molecule has 11 nitrogen and oxygen atoms in total. The molecular weight excluding hydrogens is 406 g/mol. The number of nitriles is 1. The van der Waals surface area contributed by atoms with Crippen LogP contribution < -0.4 is 0 Å². The van der Waals surface area contributed by atoms with E-state index in [0.29, 0.717) is 0 Å². The van der Waals surface area contributed by atoms with Gasteiger partial charge >= 0.3 is 10.2 Å². The second kappa shape index (κ2) is 9.41. The Balaban J connectivity index is 2.55. The minimum Gasteiger partial charge on any atom is -0.372 e. The predicted octanol–water partition coefficient (Wildman–Crippen LogP) is 0.784. The fourth-order valence-corrected chi connectivity index (χ4v) is 3.11. The maximum atomic E-state index is 12.3. The lowest BCUT2D eigenvalue weighted by molar-refractivity contribution is 0.395. The van der Waals surface area contributed by atoms with Gasteiger partial charge in [-0.2, -0.15) is 23.0 Å². The van der Waals surface area contributed by atoms with Crippen molar-refractivity contribution in [2.24, 2.45) is 19.6 Å². The number of guanidine groups is 1. The van der Waals surface area contributed by atoms with Gasteiger partial charge in [-0.3, -0.25) is 5.41 Å². The molecule has 30 heavy (non-hydrogen) atoms. The zero-order valence-corrected chi connectivity index (χ0v) is 18.3. The molecule has 1 aliphatic carbocycles. The third kappa shape index (κ3) is 4.77. The second-order valence-corrected chi connectivity index (χ2v) is 8.11. The molecule has 2 aliphatic rings. The molecule has 2 rings (SSSR count). The van der Waals surface area contributed by atoms with Crippen molar-refractivity contribution < 1.29 is 8.42 Å². The highest BCUT2D eigenvalue weighted by Crippen LogP contribution is 2.16. The number of allylic oxidation sites excluding steroid dienone is 4. The van der Waals surface area contributed by atoms with Gasteiger partial charge in [0.25, 0.3) is 5.96 Å². The van der Waals surface area contributed by atoms with Gasteiger partial charge in [0, 0.05) is 45.8 Å². The first kappa shape index (κ1) is 22.9. The molecule has 12 heteroatoms. The van der Waals surface area contributed by atoms with Crippen molar-refractivity contribution in [3.8, 4) is 6.07 Å². The van der Waals surface area contributed by atoms with Crippen molar-refractivity contribution in [1.29, 1.82) is 10.7 Å². The summed E-state index contributed by atoms with van der Waals surface area (Å²) in [6, 6.07) is 1.87. The van der Waals surface area contributed by atoms with Crippen molar-refractivity contribution >= 4 is 39.2 Å². The number of hydrogen-bond donors (Lipinski definition) is 1. The van der Waals surface area contributed by atoms with Crippen LogP contribution in [0.15, 0.2) is 49.2 Å². The van der Waals surface area contributed by atoms with Crippen LogP contribution in [0.4, 0.5) is 0 Å². The Hall–Kier alpha value is -3.39. The lowest BCUT2D eigenvalue weighted by Crippen LogP contribution is -2.27. The summed E-state index contributed by atoms with van der Waals surface area (Å²) in [6.07, 6.45) is 5.07. The van der Waals surface area contributed by atoms with Crippen LogP contribution in [-0.4, -0.2) is 85.7 Å². The molecule has 0 radical (unpaired) electrons. The molecule has 0 saturated carbocycles. The van der Waals surface area contributed by atoms with E-state index in [4.69, 9.17) is 10.7 Å². The van der Waals surface area contributed by atoms with Crippen LogP contribution in [0.1, 0.15) is 13.8 Å². The molecule has 0 bridgehead atoms. The topological polar surface area (TPSA) is 141 Å². The first-order chi connectivity index (χ1) is 14.2. The molecule has 1 N–H and O–H groups in total. The van der Waals surface area contributed by atoms with Crippen molar-refractivity contribution in [3.05, 3.63) is 29.6 Å². The zero-order valence-electron chi connectivity index (χ0n) is 17.4. The average molecular weight is 430 g/mol. The molecule has 1 heterocycles. The fraction of sp³-hybridized carbons (Fsp3) is 0.389. The first-order valence-corrected chi connectivity index (χ1v) is 10.4. The van der Waals surface area contributed by atoms with Crippen LogP contribution >= 0.6 is 0 Å². The van der Waals surface area contributed by atoms with Crippen molar-refractivity contribution in [2.45, 2.75) is 13.8 Å². The Morgan fingerprint density at radius 3 is 2.37 bits per heavy atom. The molecule has 1 aliphatic heterocycles. The molecule has 0 atom stereocenters. The number of aliphatic imine (C=N–C) groups is 1. The molecule has 0 saturated heterocycles. The van der Waals surface area contributed by atoms with Gasteiger partial charge < -0.3 is 9.80 Å². The van der Waals surface area contributed by atoms with Crippen LogP contribution in [-0.2, 0) is 10.2 Å². The van der Waals surface area contributed by atoms with Gasteiger partial charge in [0.05, 0.1) is 0 Å². The van der Waals surface area contributed by atoms with E-state index < -0.39 is 10.2 Å². The molecule has 0 unspecified atom stereocenters. The van der Waals surface area contributed by atoms with Gasteiger partial charge in [-0.15, -0.1) is 14.6 Å². The van der Waals surface area contributed by atoms with E-state index in [9.17, 15) is 8.42 Å². The van der Waals surface area contributed by atoms with E-state index in [1.54, 1.807) is 25.3 Å². The largest absolute Gasteiger partial charge is 0.372 e. The van der Waals surface area contributed by atoms with E-state index in [1.165, 1.54) is 19.0 Å². The van der Waals surface area contributed by atoms with Gasteiger partial charge in [-0.1, -0.05) is 0 Å². The number of nitrogens with one attached hydrogen (secondary N) is 1. The lowest BCUT2D eigenvalue weighted by atomic mass is 10.1. The maximum absolute atomic E-state index is 12.3. The second-order valence-electron chi connectivity index (χ2n) is 6.30. The summed E-state index contributed by atoms with van der Waals surface area (Å²) in [5.41, 5.74) is 1.32. The van der Waals surface area contributed by atoms with Gasteiger partial charge in [-0.25, -0.2) is 0 Å². The third-order valence-corrected chi connectivity index (χ3v) is 5.66. The monoisotopic (exact) mass is 429 g/mol. The fourth-order valence-electron chi connectivity index (χ4n) is 2.56. The summed E-state index contributed by atoms with van der Waals surface area (Å²) in [4.78, 5) is 7.46. The molecule has 0 aromatic rings.